The van der Waals surface area contributed by atoms with Crippen molar-refractivity contribution in [3.8, 4) is 0 Å². The normalized spacial score (nSPS) is 19.6. The Bertz CT molecular complexity index is 204. The van der Waals surface area contributed by atoms with Crippen molar-refractivity contribution in [1.29, 1.82) is 0 Å². The molecule has 74 valence electrons. The molecule has 0 radical (unpaired) electrons. The number of hydrazine groups is 1. The maximum Gasteiger partial charge on any atom is 0.237 e. The molecule has 1 rings (SSSR count). The van der Waals surface area contributed by atoms with Gasteiger partial charge in [0.15, 0.2) is 0 Å². The molecule has 1 aliphatic heterocycles. The highest BCUT2D eigenvalue weighted by Crippen LogP contribution is 2.14. The fourth-order valence-electron chi connectivity index (χ4n) is 1.67. The maximum absolute atomic E-state index is 11.5. The summed E-state index contributed by atoms with van der Waals surface area (Å²) in [5.74, 6) is 0.128. The minimum Gasteiger partial charge on any atom is -0.302 e. The second-order valence-electron chi connectivity index (χ2n) is 3.51. The standard InChI is InChI=1S/C9H16N2O2/c1-8(2)11-9(13)4-3-5-10(11)6-7-12/h7-8H,3-6H2,1-2H3. The molecule has 0 bridgehead atoms. The lowest BCUT2D eigenvalue weighted by atomic mass is 10.2. The molecule has 0 atom stereocenters. The third kappa shape index (κ3) is 2.28. The number of hydrogen-bond acceptors (Lipinski definition) is 3. The average Bonchev–Trinajstić information content (AvgIpc) is 2.04. The van der Waals surface area contributed by atoms with Crippen LogP contribution in [0.3, 0.4) is 0 Å². The zero-order valence-corrected chi connectivity index (χ0v) is 8.19. The summed E-state index contributed by atoms with van der Waals surface area (Å²) in [6, 6.07) is 0.146. The fourth-order valence-corrected chi connectivity index (χ4v) is 1.67. The largest absolute Gasteiger partial charge is 0.302 e. The van der Waals surface area contributed by atoms with Crippen LogP contribution in [-0.4, -0.2) is 41.3 Å². The third-order valence-electron chi connectivity index (χ3n) is 2.14. The molecule has 1 saturated heterocycles. The Morgan fingerprint density at radius 3 is 2.77 bits per heavy atom. The third-order valence-corrected chi connectivity index (χ3v) is 2.14. The van der Waals surface area contributed by atoms with E-state index in [2.05, 4.69) is 0 Å². The maximum atomic E-state index is 11.5. The predicted molar refractivity (Wildman–Crippen MR) is 48.9 cm³/mol. The summed E-state index contributed by atoms with van der Waals surface area (Å²) in [4.78, 5) is 21.9. The van der Waals surface area contributed by atoms with Gasteiger partial charge in [-0.25, -0.2) is 5.01 Å². The Morgan fingerprint density at radius 1 is 1.54 bits per heavy atom. The van der Waals surface area contributed by atoms with Gasteiger partial charge in [0.2, 0.25) is 5.91 Å². The smallest absolute Gasteiger partial charge is 0.237 e. The van der Waals surface area contributed by atoms with Crippen LogP contribution < -0.4 is 0 Å². The van der Waals surface area contributed by atoms with Crippen molar-refractivity contribution in [2.24, 2.45) is 0 Å². The number of carbonyl (C=O) groups excluding carboxylic acids is 2. The Balaban J connectivity index is 2.67. The average molecular weight is 184 g/mol. The van der Waals surface area contributed by atoms with Crippen LogP contribution in [0.2, 0.25) is 0 Å². The van der Waals surface area contributed by atoms with Gasteiger partial charge in [-0.15, -0.1) is 0 Å². The number of rotatable bonds is 3. The summed E-state index contributed by atoms with van der Waals surface area (Å²) < 4.78 is 0. The van der Waals surface area contributed by atoms with E-state index >= 15 is 0 Å². The first-order valence-electron chi connectivity index (χ1n) is 4.67. The van der Waals surface area contributed by atoms with Crippen LogP contribution in [0.1, 0.15) is 26.7 Å². The van der Waals surface area contributed by atoms with E-state index in [1.165, 1.54) is 0 Å². The number of carbonyl (C=O) groups is 2. The highest BCUT2D eigenvalue weighted by Gasteiger charge is 2.27. The van der Waals surface area contributed by atoms with E-state index in [0.29, 0.717) is 13.0 Å². The van der Waals surface area contributed by atoms with E-state index in [1.807, 2.05) is 18.9 Å². The van der Waals surface area contributed by atoms with Crippen LogP contribution in [0.4, 0.5) is 0 Å². The van der Waals surface area contributed by atoms with Gasteiger partial charge in [-0.3, -0.25) is 9.80 Å². The second-order valence-corrected chi connectivity index (χ2v) is 3.51. The first-order valence-corrected chi connectivity index (χ1v) is 4.67. The van der Waals surface area contributed by atoms with E-state index in [4.69, 9.17) is 0 Å². The molecule has 0 unspecified atom stereocenters. The predicted octanol–water partition coefficient (Wildman–Crippen LogP) is 0.433. The van der Waals surface area contributed by atoms with Crippen molar-refractivity contribution in [2.75, 3.05) is 13.1 Å². The van der Waals surface area contributed by atoms with Crippen molar-refractivity contribution in [3.05, 3.63) is 0 Å². The molecule has 0 aromatic carbocycles. The second kappa shape index (κ2) is 4.37. The molecule has 1 amide bonds. The highest BCUT2D eigenvalue weighted by atomic mass is 16.2. The van der Waals surface area contributed by atoms with Crippen LogP contribution >= 0.6 is 0 Å². The van der Waals surface area contributed by atoms with Gasteiger partial charge in [0.1, 0.15) is 6.29 Å². The molecule has 0 N–H and O–H groups in total. The molecule has 0 aromatic rings. The summed E-state index contributed by atoms with van der Waals surface area (Å²) in [6.07, 6.45) is 2.30. The van der Waals surface area contributed by atoms with Gasteiger partial charge in [0.05, 0.1) is 6.54 Å². The van der Waals surface area contributed by atoms with Crippen LogP contribution in [0.25, 0.3) is 0 Å². The van der Waals surface area contributed by atoms with Gasteiger partial charge >= 0.3 is 0 Å². The number of nitrogens with zero attached hydrogens (tertiary/aromatic N) is 2. The molecule has 1 aliphatic rings. The Hall–Kier alpha value is -0.900. The van der Waals surface area contributed by atoms with Crippen molar-refractivity contribution < 1.29 is 9.59 Å². The number of amides is 1. The summed E-state index contributed by atoms with van der Waals surface area (Å²) in [7, 11) is 0. The van der Waals surface area contributed by atoms with E-state index in [9.17, 15) is 9.59 Å². The van der Waals surface area contributed by atoms with Crippen LogP contribution in [0, 0.1) is 0 Å². The quantitative estimate of drug-likeness (QED) is 0.597. The lowest BCUT2D eigenvalue weighted by molar-refractivity contribution is -0.160. The van der Waals surface area contributed by atoms with Crippen molar-refractivity contribution in [3.63, 3.8) is 0 Å². The van der Waals surface area contributed by atoms with Gasteiger partial charge in [-0.1, -0.05) is 0 Å². The lowest BCUT2D eigenvalue weighted by Crippen LogP contribution is -2.54. The molecular weight excluding hydrogens is 168 g/mol. The fraction of sp³-hybridized carbons (Fsp3) is 0.778. The molecule has 4 nitrogen and oxygen atoms in total. The lowest BCUT2D eigenvalue weighted by Gasteiger charge is -2.40. The van der Waals surface area contributed by atoms with Gasteiger partial charge in [-0.05, 0) is 20.3 Å². The van der Waals surface area contributed by atoms with Crippen LogP contribution in [0.15, 0.2) is 0 Å². The topological polar surface area (TPSA) is 40.6 Å². The number of aldehydes is 1. The molecule has 0 spiro atoms. The molecule has 0 aliphatic carbocycles. The zero-order chi connectivity index (χ0) is 9.84. The van der Waals surface area contributed by atoms with Gasteiger partial charge in [0.25, 0.3) is 0 Å². The molecule has 0 saturated carbocycles. The minimum absolute atomic E-state index is 0.128. The molecule has 1 heterocycles. The SMILES string of the molecule is CC(C)N1C(=O)CCCN1CC=O. The highest BCUT2D eigenvalue weighted by molar-refractivity contribution is 5.76. The molecule has 1 fully saturated rings. The van der Waals surface area contributed by atoms with Crippen molar-refractivity contribution in [2.45, 2.75) is 32.7 Å². The molecular formula is C9H16N2O2. The minimum atomic E-state index is 0.128. The van der Waals surface area contributed by atoms with Crippen LogP contribution in [0.5, 0.6) is 0 Å². The molecule has 0 aromatic heterocycles. The summed E-state index contributed by atoms with van der Waals surface area (Å²) in [6.45, 7) is 5.05. The first kappa shape index (κ1) is 10.2. The summed E-state index contributed by atoms with van der Waals surface area (Å²) >= 11 is 0. The zero-order valence-electron chi connectivity index (χ0n) is 8.19. The van der Waals surface area contributed by atoms with Gasteiger partial charge < -0.3 is 4.79 Å². The Morgan fingerprint density at radius 2 is 2.23 bits per heavy atom. The van der Waals surface area contributed by atoms with Crippen LogP contribution in [-0.2, 0) is 9.59 Å². The Kier molecular flexibility index (Phi) is 3.42. The van der Waals surface area contributed by atoms with E-state index < -0.39 is 0 Å². The van der Waals surface area contributed by atoms with Gasteiger partial charge in [-0.2, -0.15) is 0 Å². The number of hydrogen-bond donors (Lipinski definition) is 0. The van der Waals surface area contributed by atoms with E-state index in [1.54, 1.807) is 5.01 Å². The monoisotopic (exact) mass is 184 g/mol. The van der Waals surface area contributed by atoms with E-state index in [-0.39, 0.29) is 11.9 Å². The van der Waals surface area contributed by atoms with Crippen molar-refractivity contribution in [1.82, 2.24) is 10.0 Å². The van der Waals surface area contributed by atoms with E-state index in [0.717, 1.165) is 19.3 Å². The first-order chi connectivity index (χ1) is 6.16. The van der Waals surface area contributed by atoms with Crippen molar-refractivity contribution >= 4 is 12.2 Å². The molecule has 4 heteroatoms. The molecule has 13 heavy (non-hydrogen) atoms. The Labute approximate surface area is 78.5 Å². The summed E-state index contributed by atoms with van der Waals surface area (Å²) in [5.41, 5.74) is 0. The van der Waals surface area contributed by atoms with Gasteiger partial charge in [0, 0.05) is 19.0 Å². The summed E-state index contributed by atoms with van der Waals surface area (Å²) in [5, 5.41) is 3.52.